The molecule has 7 nitrogen and oxygen atoms in total. The van der Waals surface area contributed by atoms with Crippen LogP contribution in [0.15, 0.2) is 29.3 Å². The number of carbonyl (C=O) groups excluding carboxylic acids is 1. The molecule has 28 heavy (non-hydrogen) atoms. The molecule has 2 N–H and O–H groups in total. The first-order valence-electron chi connectivity index (χ1n) is 9.34. The molecule has 1 aliphatic heterocycles. The summed E-state index contributed by atoms with van der Waals surface area (Å²) in [4.78, 5) is 18.6. The quantitative estimate of drug-likeness (QED) is 0.323. The number of nitrogens with zero attached hydrogens (tertiary/aromatic N) is 2. The molecule has 1 atom stereocenters. The number of aryl methyl sites for hydroxylation is 1. The zero-order valence-corrected chi connectivity index (χ0v) is 19.9. The highest BCUT2D eigenvalue weighted by molar-refractivity contribution is 14.0. The topological polar surface area (TPSA) is 90.9 Å². The van der Waals surface area contributed by atoms with Crippen LogP contribution in [0.3, 0.4) is 0 Å². The highest BCUT2D eigenvalue weighted by Gasteiger charge is 2.28. The summed E-state index contributed by atoms with van der Waals surface area (Å²) in [6, 6.07) is 8.10. The molecule has 0 saturated carbocycles. The van der Waals surface area contributed by atoms with E-state index in [9.17, 15) is 13.2 Å². The first-order chi connectivity index (χ1) is 12.8. The van der Waals surface area contributed by atoms with Gasteiger partial charge in [-0.05, 0) is 25.8 Å². The number of halogens is 1. The van der Waals surface area contributed by atoms with Gasteiger partial charge in [0.05, 0.1) is 18.1 Å². The van der Waals surface area contributed by atoms with Gasteiger partial charge in [-0.3, -0.25) is 9.79 Å². The second-order valence-electron chi connectivity index (χ2n) is 6.99. The summed E-state index contributed by atoms with van der Waals surface area (Å²) in [5.74, 6) is 0.793. The molecule has 1 unspecified atom stereocenters. The Morgan fingerprint density at radius 3 is 2.54 bits per heavy atom. The molecule has 0 spiro atoms. The summed E-state index contributed by atoms with van der Waals surface area (Å²) < 4.78 is 22.9. The molecule has 0 bridgehead atoms. The smallest absolute Gasteiger partial charge is 0.222 e. The van der Waals surface area contributed by atoms with Gasteiger partial charge < -0.3 is 15.5 Å². The summed E-state index contributed by atoms with van der Waals surface area (Å²) >= 11 is 0. The van der Waals surface area contributed by atoms with Gasteiger partial charge in [-0.1, -0.05) is 29.8 Å². The standard InChI is InChI=1S/C19H30N4O3S.HI/c1-4-20-19(23(3)13-16-7-5-15(2)6-8-16)21-11-9-18(24)22-17-10-12-27(25,26)14-17;/h5-8,17H,4,9-14H2,1-3H3,(H,20,21)(H,22,24);1H. The molecule has 1 aromatic carbocycles. The third-order valence-corrected chi connectivity index (χ3v) is 6.20. The first-order valence-corrected chi connectivity index (χ1v) is 11.2. The fourth-order valence-corrected chi connectivity index (χ4v) is 4.66. The second-order valence-corrected chi connectivity index (χ2v) is 9.22. The van der Waals surface area contributed by atoms with Gasteiger partial charge in [0, 0.05) is 32.6 Å². The van der Waals surface area contributed by atoms with Crippen molar-refractivity contribution in [3.8, 4) is 0 Å². The largest absolute Gasteiger partial charge is 0.357 e. The van der Waals surface area contributed by atoms with E-state index in [1.807, 2.05) is 18.9 Å². The van der Waals surface area contributed by atoms with Crippen molar-refractivity contribution in [1.82, 2.24) is 15.5 Å². The number of amides is 1. The van der Waals surface area contributed by atoms with Crippen molar-refractivity contribution in [1.29, 1.82) is 0 Å². The van der Waals surface area contributed by atoms with E-state index in [-0.39, 0.29) is 53.9 Å². The van der Waals surface area contributed by atoms with E-state index < -0.39 is 9.84 Å². The van der Waals surface area contributed by atoms with Crippen molar-refractivity contribution in [2.24, 2.45) is 4.99 Å². The van der Waals surface area contributed by atoms with E-state index in [1.54, 1.807) is 0 Å². The number of rotatable bonds is 7. The fourth-order valence-electron chi connectivity index (χ4n) is 2.98. The molecule has 0 aliphatic carbocycles. The van der Waals surface area contributed by atoms with E-state index in [1.165, 1.54) is 11.1 Å². The van der Waals surface area contributed by atoms with Crippen molar-refractivity contribution < 1.29 is 13.2 Å². The highest BCUT2D eigenvalue weighted by atomic mass is 127. The number of carbonyl (C=O) groups is 1. The van der Waals surface area contributed by atoms with Crippen LogP contribution in [0, 0.1) is 6.92 Å². The van der Waals surface area contributed by atoms with Crippen LogP contribution in [0.5, 0.6) is 0 Å². The van der Waals surface area contributed by atoms with Crippen molar-refractivity contribution in [2.45, 2.75) is 39.3 Å². The van der Waals surface area contributed by atoms with E-state index in [2.05, 4.69) is 46.8 Å². The second kappa shape index (κ2) is 11.6. The molecule has 1 fully saturated rings. The van der Waals surface area contributed by atoms with E-state index >= 15 is 0 Å². The van der Waals surface area contributed by atoms with Gasteiger partial charge in [0.2, 0.25) is 5.91 Å². The van der Waals surface area contributed by atoms with Crippen molar-refractivity contribution in [3.05, 3.63) is 35.4 Å². The molecule has 0 aromatic heterocycles. The lowest BCUT2D eigenvalue weighted by molar-refractivity contribution is -0.121. The van der Waals surface area contributed by atoms with Crippen LogP contribution in [0.25, 0.3) is 0 Å². The Morgan fingerprint density at radius 2 is 1.96 bits per heavy atom. The average Bonchev–Trinajstić information content (AvgIpc) is 2.94. The first kappa shape index (κ1) is 24.7. The lowest BCUT2D eigenvalue weighted by Gasteiger charge is -2.22. The molecule has 1 amide bonds. The van der Waals surface area contributed by atoms with Gasteiger partial charge in [0.1, 0.15) is 0 Å². The van der Waals surface area contributed by atoms with Crippen LogP contribution in [0.2, 0.25) is 0 Å². The molecule has 1 saturated heterocycles. The van der Waals surface area contributed by atoms with Gasteiger partial charge in [0.15, 0.2) is 15.8 Å². The van der Waals surface area contributed by atoms with E-state index in [0.717, 1.165) is 19.0 Å². The third kappa shape index (κ3) is 8.34. The summed E-state index contributed by atoms with van der Waals surface area (Å²) in [6.07, 6.45) is 0.739. The predicted molar refractivity (Wildman–Crippen MR) is 124 cm³/mol. The maximum Gasteiger partial charge on any atom is 0.222 e. The minimum atomic E-state index is -2.99. The molecular weight excluding hydrogens is 491 g/mol. The summed E-state index contributed by atoms with van der Waals surface area (Å²) in [7, 11) is -1.02. The van der Waals surface area contributed by atoms with Crippen molar-refractivity contribution in [3.63, 3.8) is 0 Å². The number of aliphatic imine (C=N–C) groups is 1. The van der Waals surface area contributed by atoms with Gasteiger partial charge >= 0.3 is 0 Å². The van der Waals surface area contributed by atoms with Crippen LogP contribution in [0.1, 0.15) is 30.9 Å². The van der Waals surface area contributed by atoms with Crippen LogP contribution in [-0.4, -0.2) is 62.9 Å². The number of benzene rings is 1. The minimum Gasteiger partial charge on any atom is -0.357 e. The SMILES string of the molecule is CCNC(=NCCC(=O)NC1CCS(=O)(=O)C1)N(C)Cc1ccc(C)cc1.I. The molecule has 1 aromatic rings. The highest BCUT2D eigenvalue weighted by Crippen LogP contribution is 2.11. The number of hydrogen-bond acceptors (Lipinski definition) is 4. The van der Waals surface area contributed by atoms with Crippen LogP contribution in [0.4, 0.5) is 0 Å². The summed E-state index contributed by atoms with van der Waals surface area (Å²) in [5.41, 5.74) is 2.41. The Morgan fingerprint density at radius 1 is 1.29 bits per heavy atom. The Balaban J connectivity index is 0.00000392. The molecule has 0 radical (unpaired) electrons. The minimum absolute atomic E-state index is 0. The maximum atomic E-state index is 12.0. The Bertz CT molecular complexity index is 766. The molecule has 2 rings (SSSR count). The van der Waals surface area contributed by atoms with Crippen LogP contribution < -0.4 is 10.6 Å². The number of nitrogens with one attached hydrogen (secondary N) is 2. The molecular formula is C19H31IN4O3S. The Labute approximate surface area is 185 Å². The van der Waals surface area contributed by atoms with Crippen LogP contribution >= 0.6 is 24.0 Å². The van der Waals surface area contributed by atoms with Crippen LogP contribution in [-0.2, 0) is 21.2 Å². The summed E-state index contributed by atoms with van der Waals surface area (Å²) in [6.45, 7) is 5.88. The fraction of sp³-hybridized carbons (Fsp3) is 0.579. The number of sulfone groups is 1. The lowest BCUT2D eigenvalue weighted by Crippen LogP contribution is -2.39. The predicted octanol–water partition coefficient (Wildman–Crippen LogP) is 1.70. The van der Waals surface area contributed by atoms with Gasteiger partial charge in [0.25, 0.3) is 0 Å². The maximum absolute atomic E-state index is 12.0. The normalized spacial score (nSPS) is 18.2. The van der Waals surface area contributed by atoms with Gasteiger partial charge in [-0.25, -0.2) is 8.42 Å². The molecule has 1 heterocycles. The van der Waals surface area contributed by atoms with Gasteiger partial charge in [-0.15, -0.1) is 24.0 Å². The lowest BCUT2D eigenvalue weighted by atomic mass is 10.1. The zero-order valence-electron chi connectivity index (χ0n) is 16.8. The average molecular weight is 522 g/mol. The summed E-state index contributed by atoms with van der Waals surface area (Å²) in [5, 5.41) is 6.03. The number of hydrogen-bond donors (Lipinski definition) is 2. The Kier molecular flexibility index (Phi) is 10.2. The van der Waals surface area contributed by atoms with E-state index in [4.69, 9.17) is 0 Å². The molecule has 158 valence electrons. The Hall–Kier alpha value is -1.36. The number of guanidine groups is 1. The third-order valence-electron chi connectivity index (χ3n) is 4.43. The van der Waals surface area contributed by atoms with Crippen molar-refractivity contribution >= 4 is 45.7 Å². The monoisotopic (exact) mass is 522 g/mol. The van der Waals surface area contributed by atoms with Gasteiger partial charge in [-0.2, -0.15) is 0 Å². The van der Waals surface area contributed by atoms with Crippen molar-refractivity contribution in [2.75, 3.05) is 31.6 Å². The zero-order chi connectivity index (χ0) is 19.9. The molecule has 1 aliphatic rings. The van der Waals surface area contributed by atoms with E-state index in [0.29, 0.717) is 13.0 Å². The molecule has 9 heteroatoms.